The third kappa shape index (κ3) is 2.28. The maximum atomic E-state index is 12.1. The SMILES string of the molecule is O=C(O)c1cc2cc(NC(=O)C3CC3C3CC3)ccc2o1. The number of furan rings is 1. The largest absolute Gasteiger partial charge is 0.475 e. The number of carboxylic acids is 1. The lowest BCUT2D eigenvalue weighted by atomic mass is 10.2. The highest BCUT2D eigenvalue weighted by atomic mass is 16.4. The van der Waals surface area contributed by atoms with Crippen molar-refractivity contribution < 1.29 is 19.1 Å². The number of nitrogens with one attached hydrogen (secondary N) is 1. The molecule has 0 bridgehead atoms. The van der Waals surface area contributed by atoms with Gasteiger partial charge in [-0.25, -0.2) is 4.79 Å². The van der Waals surface area contributed by atoms with Gasteiger partial charge in [0, 0.05) is 17.0 Å². The Morgan fingerprint density at radius 1 is 1.24 bits per heavy atom. The first kappa shape index (κ1) is 12.4. The molecule has 0 aliphatic heterocycles. The molecule has 0 spiro atoms. The van der Waals surface area contributed by atoms with Crippen molar-refractivity contribution in [1.29, 1.82) is 0 Å². The highest BCUT2D eigenvalue weighted by molar-refractivity contribution is 5.97. The molecule has 2 atom stereocenters. The van der Waals surface area contributed by atoms with Gasteiger partial charge in [-0.15, -0.1) is 0 Å². The van der Waals surface area contributed by atoms with Gasteiger partial charge in [0.15, 0.2) is 0 Å². The Bertz CT molecular complexity index is 744. The molecule has 5 heteroatoms. The van der Waals surface area contributed by atoms with Crippen LogP contribution < -0.4 is 5.32 Å². The number of amides is 1. The van der Waals surface area contributed by atoms with Gasteiger partial charge in [0.1, 0.15) is 5.58 Å². The van der Waals surface area contributed by atoms with Crippen molar-refractivity contribution in [3.05, 3.63) is 30.0 Å². The quantitative estimate of drug-likeness (QED) is 0.904. The zero-order chi connectivity index (χ0) is 14.6. The third-order valence-corrected chi connectivity index (χ3v) is 4.40. The standard InChI is InChI=1S/C16H15NO4/c18-15(12-7-11(12)8-1-2-8)17-10-3-4-13-9(5-10)6-14(21-13)16(19)20/h3-6,8,11-12H,1-2,7H2,(H,17,18)(H,19,20). The number of fused-ring (bicyclic) bond motifs is 1. The molecule has 1 heterocycles. The Labute approximate surface area is 120 Å². The highest BCUT2D eigenvalue weighted by Crippen LogP contribution is 2.54. The van der Waals surface area contributed by atoms with E-state index in [0.29, 0.717) is 22.6 Å². The van der Waals surface area contributed by atoms with Gasteiger partial charge < -0.3 is 14.8 Å². The monoisotopic (exact) mass is 285 g/mol. The van der Waals surface area contributed by atoms with Crippen LogP contribution in [0.4, 0.5) is 5.69 Å². The van der Waals surface area contributed by atoms with E-state index in [0.717, 1.165) is 12.3 Å². The van der Waals surface area contributed by atoms with E-state index < -0.39 is 5.97 Å². The molecule has 1 aromatic carbocycles. The highest BCUT2D eigenvalue weighted by Gasteiger charge is 2.51. The molecule has 0 radical (unpaired) electrons. The van der Waals surface area contributed by atoms with E-state index in [1.54, 1.807) is 18.2 Å². The van der Waals surface area contributed by atoms with Gasteiger partial charge >= 0.3 is 5.97 Å². The number of carboxylic acid groups (broad SMARTS) is 1. The number of rotatable bonds is 4. The van der Waals surface area contributed by atoms with E-state index in [2.05, 4.69) is 5.32 Å². The maximum Gasteiger partial charge on any atom is 0.371 e. The molecule has 1 aromatic heterocycles. The number of hydrogen-bond acceptors (Lipinski definition) is 3. The molecule has 0 saturated heterocycles. The number of carbonyl (C=O) groups excluding carboxylic acids is 1. The number of carbonyl (C=O) groups is 2. The van der Waals surface area contributed by atoms with Crippen LogP contribution in [-0.2, 0) is 4.79 Å². The summed E-state index contributed by atoms with van der Waals surface area (Å²) in [5.74, 6) is 0.406. The predicted molar refractivity (Wildman–Crippen MR) is 76.1 cm³/mol. The minimum absolute atomic E-state index is 0.0770. The maximum absolute atomic E-state index is 12.1. The lowest BCUT2D eigenvalue weighted by Gasteiger charge is -2.04. The van der Waals surface area contributed by atoms with E-state index in [9.17, 15) is 9.59 Å². The van der Waals surface area contributed by atoms with Crippen LogP contribution in [0, 0.1) is 17.8 Å². The summed E-state index contributed by atoms with van der Waals surface area (Å²) in [5.41, 5.74) is 1.19. The fourth-order valence-corrected chi connectivity index (χ4v) is 3.02. The van der Waals surface area contributed by atoms with E-state index >= 15 is 0 Å². The first-order valence-corrected chi connectivity index (χ1v) is 7.19. The van der Waals surface area contributed by atoms with Crippen LogP contribution >= 0.6 is 0 Å². The predicted octanol–water partition coefficient (Wildman–Crippen LogP) is 3.12. The number of anilines is 1. The van der Waals surface area contributed by atoms with Gasteiger partial charge in [0.05, 0.1) is 0 Å². The first-order valence-electron chi connectivity index (χ1n) is 7.19. The summed E-state index contributed by atoms with van der Waals surface area (Å²) >= 11 is 0. The molecule has 2 fully saturated rings. The summed E-state index contributed by atoms with van der Waals surface area (Å²) in [6.45, 7) is 0. The lowest BCUT2D eigenvalue weighted by Crippen LogP contribution is -2.15. The first-order chi connectivity index (χ1) is 10.1. The Balaban J connectivity index is 1.51. The van der Waals surface area contributed by atoms with Crippen molar-refractivity contribution in [2.75, 3.05) is 5.32 Å². The minimum Gasteiger partial charge on any atom is -0.475 e. The summed E-state index contributed by atoms with van der Waals surface area (Å²) in [7, 11) is 0. The van der Waals surface area contributed by atoms with Crippen molar-refractivity contribution in [2.24, 2.45) is 17.8 Å². The topological polar surface area (TPSA) is 79.5 Å². The van der Waals surface area contributed by atoms with Crippen LogP contribution in [0.25, 0.3) is 11.0 Å². The van der Waals surface area contributed by atoms with Gasteiger partial charge in [-0.1, -0.05) is 0 Å². The molecular formula is C16H15NO4. The van der Waals surface area contributed by atoms with Crippen molar-refractivity contribution in [2.45, 2.75) is 19.3 Å². The molecule has 2 aliphatic carbocycles. The number of benzene rings is 1. The van der Waals surface area contributed by atoms with Crippen LogP contribution in [-0.4, -0.2) is 17.0 Å². The summed E-state index contributed by atoms with van der Waals surface area (Å²) in [5, 5.41) is 12.5. The van der Waals surface area contributed by atoms with Gasteiger partial charge in [0.2, 0.25) is 11.7 Å². The minimum atomic E-state index is -1.10. The van der Waals surface area contributed by atoms with Gasteiger partial charge in [-0.05, 0) is 55.4 Å². The van der Waals surface area contributed by atoms with Crippen molar-refractivity contribution in [3.63, 3.8) is 0 Å². The van der Waals surface area contributed by atoms with Crippen LogP contribution in [0.15, 0.2) is 28.7 Å². The smallest absolute Gasteiger partial charge is 0.371 e. The molecule has 2 N–H and O–H groups in total. The Hall–Kier alpha value is -2.30. The van der Waals surface area contributed by atoms with E-state index in [-0.39, 0.29) is 17.6 Å². The summed E-state index contributed by atoms with van der Waals surface area (Å²) in [6.07, 6.45) is 3.55. The second-order valence-corrected chi connectivity index (χ2v) is 6.00. The Morgan fingerprint density at radius 2 is 2.05 bits per heavy atom. The second-order valence-electron chi connectivity index (χ2n) is 6.00. The van der Waals surface area contributed by atoms with Crippen LogP contribution in [0.3, 0.4) is 0 Å². The van der Waals surface area contributed by atoms with E-state index in [4.69, 9.17) is 9.52 Å². The molecule has 2 unspecified atom stereocenters. The van der Waals surface area contributed by atoms with Crippen molar-refractivity contribution >= 4 is 28.5 Å². The van der Waals surface area contributed by atoms with Crippen molar-refractivity contribution in [1.82, 2.24) is 0 Å². The molecule has 5 nitrogen and oxygen atoms in total. The molecule has 2 aromatic rings. The molecule has 1 amide bonds. The number of hydrogen-bond donors (Lipinski definition) is 2. The fourth-order valence-electron chi connectivity index (χ4n) is 3.02. The van der Waals surface area contributed by atoms with E-state index in [1.807, 2.05) is 0 Å². The Morgan fingerprint density at radius 3 is 2.76 bits per heavy atom. The molecule has 2 saturated carbocycles. The average molecular weight is 285 g/mol. The van der Waals surface area contributed by atoms with Gasteiger partial charge in [-0.2, -0.15) is 0 Å². The van der Waals surface area contributed by atoms with Crippen LogP contribution in [0.5, 0.6) is 0 Å². The Kier molecular flexibility index (Phi) is 2.58. The molecule has 108 valence electrons. The second kappa shape index (κ2) is 4.35. The zero-order valence-electron chi connectivity index (χ0n) is 11.3. The van der Waals surface area contributed by atoms with E-state index in [1.165, 1.54) is 18.9 Å². The summed E-state index contributed by atoms with van der Waals surface area (Å²) < 4.78 is 5.19. The summed E-state index contributed by atoms with van der Waals surface area (Å²) in [6, 6.07) is 6.64. The van der Waals surface area contributed by atoms with Crippen LogP contribution in [0.2, 0.25) is 0 Å². The number of aromatic carboxylic acids is 1. The van der Waals surface area contributed by atoms with Crippen LogP contribution in [0.1, 0.15) is 29.8 Å². The van der Waals surface area contributed by atoms with Gasteiger partial charge in [0.25, 0.3) is 0 Å². The normalized spacial score (nSPS) is 24.0. The molecule has 21 heavy (non-hydrogen) atoms. The van der Waals surface area contributed by atoms with Gasteiger partial charge in [-0.3, -0.25) is 4.79 Å². The molecular weight excluding hydrogens is 270 g/mol. The lowest BCUT2D eigenvalue weighted by molar-refractivity contribution is -0.117. The zero-order valence-corrected chi connectivity index (χ0v) is 11.3. The summed E-state index contributed by atoms with van der Waals surface area (Å²) in [4.78, 5) is 23.0. The molecule has 2 aliphatic rings. The third-order valence-electron chi connectivity index (χ3n) is 4.40. The average Bonchev–Trinajstić information content (AvgIpc) is 3.32. The molecule has 4 rings (SSSR count). The fraction of sp³-hybridized carbons (Fsp3) is 0.375. The van der Waals surface area contributed by atoms with Crippen molar-refractivity contribution in [3.8, 4) is 0 Å².